The normalized spacial score (nSPS) is 11.3. The van der Waals surface area contributed by atoms with Crippen molar-refractivity contribution in [2.45, 2.75) is 0 Å². The predicted octanol–water partition coefficient (Wildman–Crippen LogP) is 15.3. The van der Waals surface area contributed by atoms with Gasteiger partial charge in [0.15, 0.2) is 0 Å². The van der Waals surface area contributed by atoms with Crippen molar-refractivity contribution in [1.29, 1.82) is 0 Å². The van der Waals surface area contributed by atoms with Gasteiger partial charge in [-0.2, -0.15) is 0 Å². The van der Waals surface area contributed by atoms with Crippen LogP contribution in [-0.2, 0) is 0 Å². The number of nitrogens with zero attached hydrogens (tertiary/aromatic N) is 1. The smallest absolute Gasteiger partial charge is 0.0546 e. The zero-order valence-electron chi connectivity index (χ0n) is 30.3. The Labute approximate surface area is 322 Å². The van der Waals surface area contributed by atoms with E-state index in [0.717, 1.165) is 17.1 Å². The van der Waals surface area contributed by atoms with Gasteiger partial charge in [0.05, 0.1) is 5.69 Å². The van der Waals surface area contributed by atoms with Gasteiger partial charge in [-0.25, -0.2) is 0 Å². The van der Waals surface area contributed by atoms with Crippen LogP contribution in [0.15, 0.2) is 224 Å². The summed E-state index contributed by atoms with van der Waals surface area (Å²) >= 11 is 0. The summed E-state index contributed by atoms with van der Waals surface area (Å²) in [6.07, 6.45) is 0. The first-order chi connectivity index (χ1) is 27.3. The molecule has 10 aromatic carbocycles. The van der Waals surface area contributed by atoms with Crippen molar-refractivity contribution in [2.75, 3.05) is 4.90 Å². The third-order valence-electron chi connectivity index (χ3n) is 10.8. The molecule has 0 atom stereocenters. The van der Waals surface area contributed by atoms with E-state index in [2.05, 4.69) is 229 Å². The van der Waals surface area contributed by atoms with Crippen LogP contribution in [0.2, 0.25) is 0 Å². The van der Waals surface area contributed by atoms with Crippen molar-refractivity contribution in [1.82, 2.24) is 0 Å². The molecule has 0 amide bonds. The maximum atomic E-state index is 2.44. The molecule has 55 heavy (non-hydrogen) atoms. The van der Waals surface area contributed by atoms with E-state index in [0.29, 0.717) is 0 Å². The van der Waals surface area contributed by atoms with Crippen LogP contribution >= 0.6 is 0 Å². The molecule has 0 aliphatic rings. The average Bonchev–Trinajstić information content (AvgIpc) is 3.26. The zero-order chi connectivity index (χ0) is 36.6. The van der Waals surface area contributed by atoms with Gasteiger partial charge in [-0.15, -0.1) is 0 Å². The molecule has 1 heteroatoms. The monoisotopic (exact) mass is 699 g/mol. The van der Waals surface area contributed by atoms with Crippen LogP contribution < -0.4 is 4.90 Å². The molecule has 10 rings (SSSR count). The van der Waals surface area contributed by atoms with Crippen LogP contribution in [0.5, 0.6) is 0 Å². The zero-order valence-corrected chi connectivity index (χ0v) is 30.3. The highest BCUT2D eigenvalue weighted by Crippen LogP contribution is 2.45. The average molecular weight is 700 g/mol. The molecule has 0 spiro atoms. The summed E-state index contributed by atoms with van der Waals surface area (Å²) in [4.78, 5) is 2.44. The molecule has 10 aromatic rings. The van der Waals surface area contributed by atoms with Gasteiger partial charge in [0, 0.05) is 16.9 Å². The lowest BCUT2D eigenvalue weighted by Gasteiger charge is -2.29. The van der Waals surface area contributed by atoms with Crippen LogP contribution in [-0.4, -0.2) is 0 Å². The summed E-state index contributed by atoms with van der Waals surface area (Å²) < 4.78 is 0. The van der Waals surface area contributed by atoms with E-state index in [1.807, 2.05) is 0 Å². The van der Waals surface area contributed by atoms with Crippen molar-refractivity contribution >= 4 is 49.4 Å². The molecule has 0 bridgehead atoms. The van der Waals surface area contributed by atoms with Gasteiger partial charge in [-0.3, -0.25) is 0 Å². The van der Waals surface area contributed by atoms with E-state index < -0.39 is 0 Å². The van der Waals surface area contributed by atoms with Crippen LogP contribution in [0.3, 0.4) is 0 Å². The van der Waals surface area contributed by atoms with Crippen molar-refractivity contribution in [3.63, 3.8) is 0 Å². The van der Waals surface area contributed by atoms with E-state index in [4.69, 9.17) is 0 Å². The van der Waals surface area contributed by atoms with Crippen LogP contribution in [0.1, 0.15) is 0 Å². The fraction of sp³-hybridized carbons (Fsp3) is 0. The summed E-state index contributed by atoms with van der Waals surface area (Å²) in [6, 6.07) is 81.6. The minimum atomic E-state index is 1.09. The van der Waals surface area contributed by atoms with E-state index in [9.17, 15) is 0 Å². The number of benzene rings is 10. The van der Waals surface area contributed by atoms with E-state index in [1.165, 1.54) is 76.8 Å². The summed E-state index contributed by atoms with van der Waals surface area (Å²) in [5.74, 6) is 0. The molecule has 0 fully saturated rings. The molecule has 0 heterocycles. The lowest BCUT2D eigenvalue weighted by molar-refractivity contribution is 1.28. The fourth-order valence-corrected chi connectivity index (χ4v) is 8.11. The van der Waals surface area contributed by atoms with E-state index >= 15 is 0 Å². The Balaban J connectivity index is 1.19. The number of rotatable bonds is 7. The maximum Gasteiger partial charge on any atom is 0.0546 e. The molecule has 0 saturated heterocycles. The number of fused-ring (bicyclic) bond motifs is 3. The van der Waals surface area contributed by atoms with Gasteiger partial charge in [-0.05, 0) is 108 Å². The van der Waals surface area contributed by atoms with Crippen molar-refractivity contribution in [3.05, 3.63) is 224 Å². The summed E-state index contributed by atoms with van der Waals surface area (Å²) in [5, 5.41) is 7.46. The molecule has 1 nitrogen and oxygen atoms in total. The fourth-order valence-electron chi connectivity index (χ4n) is 8.11. The van der Waals surface area contributed by atoms with Gasteiger partial charge in [0.2, 0.25) is 0 Å². The van der Waals surface area contributed by atoms with Crippen LogP contribution in [0, 0.1) is 0 Å². The molecule has 0 aliphatic carbocycles. The first-order valence-corrected chi connectivity index (χ1v) is 18.9. The third kappa shape index (κ3) is 6.12. The highest BCUT2D eigenvalue weighted by atomic mass is 15.1. The van der Waals surface area contributed by atoms with Gasteiger partial charge < -0.3 is 4.90 Å². The highest BCUT2D eigenvalue weighted by Gasteiger charge is 2.20. The largest absolute Gasteiger partial charge is 0.310 e. The number of hydrogen-bond donors (Lipinski definition) is 0. The minimum Gasteiger partial charge on any atom is -0.310 e. The predicted molar refractivity (Wildman–Crippen MR) is 235 cm³/mol. The number of anilines is 3. The maximum absolute atomic E-state index is 2.44. The first kappa shape index (κ1) is 32.4. The summed E-state index contributed by atoms with van der Waals surface area (Å²) in [7, 11) is 0. The quantitative estimate of drug-likeness (QED) is 0.160. The molecular weight excluding hydrogens is 663 g/mol. The summed E-state index contributed by atoms with van der Waals surface area (Å²) in [6.45, 7) is 0. The second-order valence-electron chi connectivity index (χ2n) is 14.1. The Morgan fingerprint density at radius 1 is 0.236 bits per heavy atom. The molecule has 0 aromatic heterocycles. The summed E-state index contributed by atoms with van der Waals surface area (Å²) in [5.41, 5.74) is 12.8. The molecule has 0 saturated carbocycles. The minimum absolute atomic E-state index is 1.09. The Morgan fingerprint density at radius 3 is 1.47 bits per heavy atom. The molecular formula is C54H37N. The van der Waals surface area contributed by atoms with Crippen molar-refractivity contribution in [2.24, 2.45) is 0 Å². The Kier molecular flexibility index (Phi) is 8.24. The van der Waals surface area contributed by atoms with Crippen LogP contribution in [0.4, 0.5) is 17.1 Å². The first-order valence-electron chi connectivity index (χ1n) is 18.9. The second-order valence-corrected chi connectivity index (χ2v) is 14.1. The molecule has 0 N–H and O–H groups in total. The van der Waals surface area contributed by atoms with Crippen LogP contribution in [0.25, 0.3) is 76.8 Å². The topological polar surface area (TPSA) is 3.24 Å². The van der Waals surface area contributed by atoms with E-state index in [-0.39, 0.29) is 0 Å². The second kappa shape index (κ2) is 14.0. The molecule has 0 aliphatic heterocycles. The van der Waals surface area contributed by atoms with Crippen molar-refractivity contribution < 1.29 is 0 Å². The van der Waals surface area contributed by atoms with Gasteiger partial charge in [-0.1, -0.05) is 188 Å². The molecule has 0 unspecified atom stereocenters. The lowest BCUT2D eigenvalue weighted by atomic mass is 9.94. The standard InChI is InChI=1S/C54H37N/c1-2-14-41(15-3-1)53-34-31-45(44-28-27-38-13-4-5-18-43(38)35-44)37-54(53)55(47-32-29-42(30-33-47)51-25-11-19-39-16-6-8-23-49(39)51)48-22-10-21-46(36-48)52-26-12-20-40-17-7-9-24-50(40)52/h1-37H. The van der Waals surface area contributed by atoms with Crippen molar-refractivity contribution in [3.8, 4) is 44.5 Å². The Morgan fingerprint density at radius 2 is 0.745 bits per heavy atom. The Bertz CT molecular complexity index is 2970. The highest BCUT2D eigenvalue weighted by molar-refractivity contribution is 6.00. The molecule has 0 radical (unpaired) electrons. The van der Waals surface area contributed by atoms with Gasteiger partial charge in [0.1, 0.15) is 0 Å². The van der Waals surface area contributed by atoms with Gasteiger partial charge >= 0.3 is 0 Å². The number of hydrogen-bond acceptors (Lipinski definition) is 1. The Hall–Kier alpha value is -7.22. The molecule has 258 valence electrons. The SMILES string of the molecule is c1ccc(-c2ccc(-c3ccc4ccccc4c3)cc2N(c2ccc(-c3cccc4ccccc34)cc2)c2cccc(-c3cccc4ccccc34)c2)cc1. The third-order valence-corrected chi connectivity index (χ3v) is 10.8. The lowest BCUT2D eigenvalue weighted by Crippen LogP contribution is -2.11. The van der Waals surface area contributed by atoms with E-state index in [1.54, 1.807) is 0 Å². The van der Waals surface area contributed by atoms with Gasteiger partial charge in [0.25, 0.3) is 0 Å².